The first-order valence-corrected chi connectivity index (χ1v) is 4.68. The fourth-order valence-electron chi connectivity index (χ4n) is 0.804. The van der Waals surface area contributed by atoms with Crippen molar-refractivity contribution in [1.29, 1.82) is 0 Å². The summed E-state index contributed by atoms with van der Waals surface area (Å²) in [5.41, 5.74) is 0. The quantitative estimate of drug-likeness (QED) is 0.596. The molecule has 2 nitrogen and oxygen atoms in total. The second-order valence-electron chi connectivity index (χ2n) is 3.08. The predicted octanol–water partition coefficient (Wildman–Crippen LogP) is 2.38. The smallest absolute Gasteiger partial charge is 0.225 e. The van der Waals surface area contributed by atoms with E-state index in [9.17, 15) is 4.79 Å². The number of hydrogen-bond donors (Lipinski definition) is 0. The topological polar surface area (TPSA) is 20.3 Å². The highest BCUT2D eigenvalue weighted by Crippen LogP contribution is 1.93. The molecule has 0 aromatic carbocycles. The first kappa shape index (κ1) is 11.9. The number of allylic oxidation sites excluding steroid dienone is 3. The van der Waals surface area contributed by atoms with Crippen molar-refractivity contribution in [3.8, 4) is 0 Å². The lowest BCUT2D eigenvalue weighted by molar-refractivity contribution is -0.127. The van der Waals surface area contributed by atoms with Crippen LogP contribution in [0.2, 0.25) is 0 Å². The molecule has 2 heteroatoms. The van der Waals surface area contributed by atoms with Gasteiger partial charge in [-0.1, -0.05) is 31.2 Å². The third kappa shape index (κ3) is 7.32. The Kier molecular flexibility index (Phi) is 6.98. The SMILES string of the molecule is CCC=CCC=CCC(=O)N(C)C. The molecule has 0 atom stereocenters. The average molecular weight is 181 g/mol. The zero-order valence-corrected chi connectivity index (χ0v) is 8.79. The highest BCUT2D eigenvalue weighted by Gasteiger charge is 1.97. The Hall–Kier alpha value is -1.05. The van der Waals surface area contributed by atoms with E-state index in [2.05, 4.69) is 19.1 Å². The summed E-state index contributed by atoms with van der Waals surface area (Å²) >= 11 is 0. The normalized spacial score (nSPS) is 11.3. The Labute approximate surface area is 80.9 Å². The van der Waals surface area contributed by atoms with Crippen LogP contribution < -0.4 is 0 Å². The number of amides is 1. The van der Waals surface area contributed by atoms with Crippen LogP contribution in [0.1, 0.15) is 26.2 Å². The van der Waals surface area contributed by atoms with E-state index >= 15 is 0 Å². The molecule has 0 aromatic heterocycles. The van der Waals surface area contributed by atoms with Crippen LogP contribution >= 0.6 is 0 Å². The Morgan fingerprint density at radius 1 is 1.15 bits per heavy atom. The van der Waals surface area contributed by atoms with Gasteiger partial charge in [0.25, 0.3) is 0 Å². The van der Waals surface area contributed by atoms with E-state index in [1.165, 1.54) is 0 Å². The molecule has 0 saturated carbocycles. The summed E-state index contributed by atoms with van der Waals surface area (Å²) in [6.45, 7) is 2.11. The molecule has 1 amide bonds. The molecule has 0 N–H and O–H groups in total. The van der Waals surface area contributed by atoms with E-state index in [0.717, 1.165) is 12.8 Å². The second kappa shape index (κ2) is 7.59. The Bertz CT molecular complexity index is 192. The van der Waals surface area contributed by atoms with Gasteiger partial charge in [-0.15, -0.1) is 0 Å². The summed E-state index contributed by atoms with van der Waals surface area (Å²) in [6.07, 6.45) is 10.7. The standard InChI is InChI=1S/C11H19NO/c1-4-5-6-7-8-9-10-11(13)12(2)3/h5-6,8-9H,4,7,10H2,1-3H3. The van der Waals surface area contributed by atoms with Crippen molar-refractivity contribution >= 4 is 5.91 Å². The van der Waals surface area contributed by atoms with Gasteiger partial charge in [0.15, 0.2) is 0 Å². The zero-order valence-electron chi connectivity index (χ0n) is 8.79. The largest absolute Gasteiger partial charge is 0.349 e. The predicted molar refractivity (Wildman–Crippen MR) is 56.5 cm³/mol. The lowest BCUT2D eigenvalue weighted by Gasteiger charge is -2.06. The highest BCUT2D eigenvalue weighted by atomic mass is 16.2. The molecule has 0 saturated heterocycles. The number of carbonyl (C=O) groups is 1. The van der Waals surface area contributed by atoms with Crippen molar-refractivity contribution in [2.45, 2.75) is 26.2 Å². The molecular formula is C11H19NO. The van der Waals surface area contributed by atoms with E-state index in [-0.39, 0.29) is 5.91 Å². The van der Waals surface area contributed by atoms with E-state index < -0.39 is 0 Å². The number of hydrogen-bond acceptors (Lipinski definition) is 1. The molecule has 74 valence electrons. The third-order valence-corrected chi connectivity index (χ3v) is 1.63. The van der Waals surface area contributed by atoms with Gasteiger partial charge in [-0.2, -0.15) is 0 Å². The summed E-state index contributed by atoms with van der Waals surface area (Å²) in [4.78, 5) is 12.7. The summed E-state index contributed by atoms with van der Waals surface area (Å²) in [7, 11) is 3.54. The van der Waals surface area contributed by atoms with E-state index in [1.807, 2.05) is 12.2 Å². The minimum Gasteiger partial charge on any atom is -0.349 e. The van der Waals surface area contributed by atoms with Crippen LogP contribution in [0.25, 0.3) is 0 Å². The second-order valence-corrected chi connectivity index (χ2v) is 3.08. The minimum absolute atomic E-state index is 0.149. The Morgan fingerprint density at radius 3 is 2.31 bits per heavy atom. The van der Waals surface area contributed by atoms with Crippen molar-refractivity contribution in [1.82, 2.24) is 4.90 Å². The van der Waals surface area contributed by atoms with Crippen LogP contribution in [0.4, 0.5) is 0 Å². The van der Waals surface area contributed by atoms with Gasteiger partial charge in [-0.25, -0.2) is 0 Å². The van der Waals surface area contributed by atoms with E-state index in [1.54, 1.807) is 19.0 Å². The molecule has 0 aromatic rings. The van der Waals surface area contributed by atoms with Crippen LogP contribution in [0.5, 0.6) is 0 Å². The third-order valence-electron chi connectivity index (χ3n) is 1.63. The maximum atomic E-state index is 11.1. The van der Waals surface area contributed by atoms with Crippen molar-refractivity contribution < 1.29 is 4.79 Å². The van der Waals surface area contributed by atoms with Gasteiger partial charge >= 0.3 is 0 Å². The molecule has 0 aliphatic heterocycles. The number of rotatable bonds is 5. The van der Waals surface area contributed by atoms with Crippen LogP contribution in [-0.2, 0) is 4.79 Å². The maximum Gasteiger partial charge on any atom is 0.225 e. The van der Waals surface area contributed by atoms with Gasteiger partial charge in [-0.05, 0) is 12.8 Å². The molecule has 0 fully saturated rings. The average Bonchev–Trinajstić information content (AvgIpc) is 2.10. The summed E-state index contributed by atoms with van der Waals surface area (Å²) in [5, 5.41) is 0. The Morgan fingerprint density at radius 2 is 1.77 bits per heavy atom. The van der Waals surface area contributed by atoms with Crippen LogP contribution in [0.3, 0.4) is 0 Å². The fourth-order valence-corrected chi connectivity index (χ4v) is 0.804. The summed E-state index contributed by atoms with van der Waals surface area (Å²) < 4.78 is 0. The molecule has 13 heavy (non-hydrogen) atoms. The zero-order chi connectivity index (χ0) is 10.1. The van der Waals surface area contributed by atoms with Gasteiger partial charge in [0, 0.05) is 20.5 Å². The minimum atomic E-state index is 0.149. The lowest BCUT2D eigenvalue weighted by atomic mass is 10.3. The molecule has 0 aliphatic carbocycles. The monoisotopic (exact) mass is 181 g/mol. The van der Waals surface area contributed by atoms with Gasteiger partial charge in [0.05, 0.1) is 0 Å². The van der Waals surface area contributed by atoms with Gasteiger partial charge in [0.2, 0.25) is 5.91 Å². The lowest BCUT2D eigenvalue weighted by Crippen LogP contribution is -2.20. The van der Waals surface area contributed by atoms with Gasteiger partial charge < -0.3 is 4.90 Å². The molecule has 0 radical (unpaired) electrons. The highest BCUT2D eigenvalue weighted by molar-refractivity contribution is 5.76. The van der Waals surface area contributed by atoms with Crippen LogP contribution in [0, 0.1) is 0 Å². The first-order chi connectivity index (χ1) is 6.18. The first-order valence-electron chi connectivity index (χ1n) is 4.68. The van der Waals surface area contributed by atoms with Crippen molar-refractivity contribution in [3.63, 3.8) is 0 Å². The number of nitrogens with zero attached hydrogens (tertiary/aromatic N) is 1. The van der Waals surface area contributed by atoms with Crippen molar-refractivity contribution in [3.05, 3.63) is 24.3 Å². The van der Waals surface area contributed by atoms with Gasteiger partial charge in [0.1, 0.15) is 0 Å². The van der Waals surface area contributed by atoms with Crippen molar-refractivity contribution in [2.24, 2.45) is 0 Å². The molecule has 0 rings (SSSR count). The molecule has 0 bridgehead atoms. The van der Waals surface area contributed by atoms with Crippen LogP contribution in [0.15, 0.2) is 24.3 Å². The van der Waals surface area contributed by atoms with E-state index in [4.69, 9.17) is 0 Å². The molecule has 0 unspecified atom stereocenters. The molecule has 0 spiro atoms. The molecule has 0 aliphatic rings. The van der Waals surface area contributed by atoms with Crippen LogP contribution in [-0.4, -0.2) is 24.9 Å². The molecular weight excluding hydrogens is 162 g/mol. The maximum absolute atomic E-state index is 11.1. The van der Waals surface area contributed by atoms with Gasteiger partial charge in [-0.3, -0.25) is 4.79 Å². The summed E-state index contributed by atoms with van der Waals surface area (Å²) in [6, 6.07) is 0. The Balaban J connectivity index is 3.52. The molecule has 0 heterocycles. The summed E-state index contributed by atoms with van der Waals surface area (Å²) in [5.74, 6) is 0.149. The number of carbonyl (C=O) groups excluding carboxylic acids is 1. The fraction of sp³-hybridized carbons (Fsp3) is 0.545. The van der Waals surface area contributed by atoms with Crippen molar-refractivity contribution in [2.75, 3.05) is 14.1 Å². The van der Waals surface area contributed by atoms with E-state index in [0.29, 0.717) is 6.42 Å².